The molecule has 8 heteroatoms. The van der Waals surface area contributed by atoms with E-state index in [1.165, 1.54) is 0 Å². The third-order valence-corrected chi connectivity index (χ3v) is 4.62. The molecule has 0 aliphatic carbocycles. The van der Waals surface area contributed by atoms with Crippen LogP contribution in [0.1, 0.15) is 45.4 Å². The lowest BCUT2D eigenvalue weighted by atomic mass is 10.0. The lowest BCUT2D eigenvalue weighted by Gasteiger charge is -2.35. The molecule has 142 valence electrons. The molecule has 2 aliphatic heterocycles. The first kappa shape index (κ1) is 19.3. The van der Waals surface area contributed by atoms with Gasteiger partial charge in [0.15, 0.2) is 0 Å². The molecule has 0 saturated carbocycles. The van der Waals surface area contributed by atoms with Crippen molar-refractivity contribution in [1.82, 2.24) is 15.1 Å². The SMILES string of the molecule is CCOC(=O)CCCCCNC(=O)N1CCC(N2CCOC2=O)CC1. The van der Waals surface area contributed by atoms with Gasteiger partial charge >= 0.3 is 18.1 Å². The van der Waals surface area contributed by atoms with Gasteiger partial charge in [0, 0.05) is 32.1 Å². The largest absolute Gasteiger partial charge is 0.466 e. The van der Waals surface area contributed by atoms with Crippen LogP contribution in [0.3, 0.4) is 0 Å². The van der Waals surface area contributed by atoms with Crippen LogP contribution in [0, 0.1) is 0 Å². The van der Waals surface area contributed by atoms with Gasteiger partial charge in [-0.1, -0.05) is 6.42 Å². The molecule has 0 unspecified atom stereocenters. The molecule has 0 radical (unpaired) electrons. The van der Waals surface area contributed by atoms with Crippen LogP contribution in [0.2, 0.25) is 0 Å². The maximum atomic E-state index is 12.2. The van der Waals surface area contributed by atoms with Gasteiger partial charge in [-0.25, -0.2) is 9.59 Å². The quantitative estimate of drug-likeness (QED) is 0.529. The molecule has 2 fully saturated rings. The van der Waals surface area contributed by atoms with Gasteiger partial charge in [0.25, 0.3) is 0 Å². The molecule has 2 saturated heterocycles. The number of piperidine rings is 1. The number of rotatable bonds is 8. The third kappa shape index (κ3) is 6.10. The fraction of sp³-hybridized carbons (Fsp3) is 0.824. The Balaban J connectivity index is 1.53. The lowest BCUT2D eigenvalue weighted by Crippen LogP contribution is -2.49. The first-order valence-corrected chi connectivity index (χ1v) is 9.23. The van der Waals surface area contributed by atoms with Crippen LogP contribution in [0.25, 0.3) is 0 Å². The first-order chi connectivity index (χ1) is 12.1. The Morgan fingerprint density at radius 2 is 1.96 bits per heavy atom. The zero-order valence-electron chi connectivity index (χ0n) is 15.0. The van der Waals surface area contributed by atoms with Crippen molar-refractivity contribution in [1.29, 1.82) is 0 Å². The smallest absolute Gasteiger partial charge is 0.410 e. The number of ether oxygens (including phenoxy) is 2. The van der Waals surface area contributed by atoms with Gasteiger partial charge in [-0.2, -0.15) is 0 Å². The molecule has 8 nitrogen and oxygen atoms in total. The summed E-state index contributed by atoms with van der Waals surface area (Å²) in [6.45, 7) is 5.26. The standard InChI is InChI=1S/C17H29N3O5/c1-2-24-15(21)6-4-3-5-9-18-16(22)19-10-7-14(8-11-19)20-12-13-25-17(20)23/h14H,2-13H2,1H3,(H,18,22). The van der Waals surface area contributed by atoms with Gasteiger partial charge in [-0.15, -0.1) is 0 Å². The molecule has 25 heavy (non-hydrogen) atoms. The van der Waals surface area contributed by atoms with E-state index in [2.05, 4.69) is 5.32 Å². The van der Waals surface area contributed by atoms with Crippen LogP contribution in [-0.4, -0.2) is 73.3 Å². The first-order valence-electron chi connectivity index (χ1n) is 9.23. The Kier molecular flexibility index (Phi) is 7.81. The van der Waals surface area contributed by atoms with E-state index < -0.39 is 0 Å². The van der Waals surface area contributed by atoms with E-state index in [9.17, 15) is 14.4 Å². The second kappa shape index (κ2) is 10.1. The Morgan fingerprint density at radius 1 is 1.20 bits per heavy atom. The fourth-order valence-corrected chi connectivity index (χ4v) is 3.23. The fourth-order valence-electron chi connectivity index (χ4n) is 3.23. The van der Waals surface area contributed by atoms with E-state index in [4.69, 9.17) is 9.47 Å². The van der Waals surface area contributed by atoms with E-state index in [-0.39, 0.29) is 24.1 Å². The average molecular weight is 355 g/mol. The minimum atomic E-state index is -0.231. The summed E-state index contributed by atoms with van der Waals surface area (Å²) in [6.07, 6.45) is 4.31. The Hall–Kier alpha value is -1.99. The number of hydrogen-bond donors (Lipinski definition) is 1. The highest BCUT2D eigenvalue weighted by molar-refractivity contribution is 5.74. The van der Waals surface area contributed by atoms with Crippen molar-refractivity contribution in [3.63, 3.8) is 0 Å². The van der Waals surface area contributed by atoms with Crippen molar-refractivity contribution in [3.05, 3.63) is 0 Å². The average Bonchev–Trinajstić information content (AvgIpc) is 3.04. The molecule has 0 atom stereocenters. The van der Waals surface area contributed by atoms with Crippen molar-refractivity contribution in [2.75, 3.05) is 39.4 Å². The summed E-state index contributed by atoms with van der Waals surface area (Å²) in [7, 11) is 0. The number of unbranched alkanes of at least 4 members (excludes halogenated alkanes) is 2. The number of nitrogens with zero attached hydrogens (tertiary/aromatic N) is 2. The molecule has 0 bridgehead atoms. The minimum Gasteiger partial charge on any atom is -0.466 e. The number of cyclic esters (lactones) is 1. The molecular formula is C17H29N3O5. The van der Waals surface area contributed by atoms with Crippen molar-refractivity contribution in [2.45, 2.75) is 51.5 Å². The van der Waals surface area contributed by atoms with E-state index in [0.29, 0.717) is 45.8 Å². The van der Waals surface area contributed by atoms with Crippen molar-refractivity contribution < 1.29 is 23.9 Å². The Labute approximate surface area is 148 Å². The number of likely N-dealkylation sites (tertiary alicyclic amines) is 1. The Bertz CT molecular complexity index is 463. The molecule has 1 N–H and O–H groups in total. The van der Waals surface area contributed by atoms with Gasteiger partial charge in [0.2, 0.25) is 0 Å². The summed E-state index contributed by atoms with van der Waals surface area (Å²) < 4.78 is 9.84. The summed E-state index contributed by atoms with van der Waals surface area (Å²) in [5, 5.41) is 2.92. The van der Waals surface area contributed by atoms with Crippen LogP contribution < -0.4 is 5.32 Å². The molecule has 0 aromatic rings. The maximum absolute atomic E-state index is 12.2. The lowest BCUT2D eigenvalue weighted by molar-refractivity contribution is -0.143. The molecule has 3 amide bonds. The zero-order valence-corrected chi connectivity index (χ0v) is 15.0. The monoisotopic (exact) mass is 355 g/mol. The van der Waals surface area contributed by atoms with Crippen molar-refractivity contribution >= 4 is 18.1 Å². The number of amides is 3. The zero-order chi connectivity index (χ0) is 18.1. The number of carbonyl (C=O) groups excluding carboxylic acids is 3. The van der Waals surface area contributed by atoms with Crippen molar-refractivity contribution in [2.24, 2.45) is 0 Å². The molecule has 2 heterocycles. The molecular weight excluding hydrogens is 326 g/mol. The summed E-state index contributed by atoms with van der Waals surface area (Å²) in [6, 6.07) is 0.134. The number of carbonyl (C=O) groups is 3. The minimum absolute atomic E-state index is 0.0483. The molecule has 2 aliphatic rings. The van der Waals surface area contributed by atoms with Crippen LogP contribution in [0.5, 0.6) is 0 Å². The van der Waals surface area contributed by atoms with E-state index in [1.807, 2.05) is 0 Å². The highest BCUT2D eigenvalue weighted by Gasteiger charge is 2.33. The van der Waals surface area contributed by atoms with Crippen LogP contribution in [0.15, 0.2) is 0 Å². The van der Waals surface area contributed by atoms with Crippen LogP contribution >= 0.6 is 0 Å². The van der Waals surface area contributed by atoms with Gasteiger partial charge in [-0.05, 0) is 32.6 Å². The highest BCUT2D eigenvalue weighted by atomic mass is 16.6. The second-order valence-electron chi connectivity index (χ2n) is 6.37. The molecule has 2 rings (SSSR count). The van der Waals surface area contributed by atoms with Crippen LogP contribution in [-0.2, 0) is 14.3 Å². The van der Waals surface area contributed by atoms with Gasteiger partial charge < -0.3 is 24.6 Å². The second-order valence-corrected chi connectivity index (χ2v) is 6.37. The molecule has 0 spiro atoms. The maximum Gasteiger partial charge on any atom is 0.410 e. The summed E-state index contributed by atoms with van der Waals surface area (Å²) in [5.74, 6) is -0.156. The van der Waals surface area contributed by atoms with E-state index >= 15 is 0 Å². The van der Waals surface area contributed by atoms with E-state index in [0.717, 1.165) is 32.1 Å². The third-order valence-electron chi connectivity index (χ3n) is 4.62. The summed E-state index contributed by atoms with van der Waals surface area (Å²) in [5.41, 5.74) is 0. The van der Waals surface area contributed by atoms with Gasteiger partial charge in [0.05, 0.1) is 13.2 Å². The summed E-state index contributed by atoms with van der Waals surface area (Å²) >= 11 is 0. The number of urea groups is 1. The number of hydrogen-bond acceptors (Lipinski definition) is 5. The summed E-state index contributed by atoms with van der Waals surface area (Å²) in [4.78, 5) is 38.5. The molecule has 0 aromatic carbocycles. The van der Waals surface area contributed by atoms with Crippen molar-refractivity contribution in [3.8, 4) is 0 Å². The Morgan fingerprint density at radius 3 is 2.60 bits per heavy atom. The predicted octanol–water partition coefficient (Wildman–Crippen LogP) is 1.74. The predicted molar refractivity (Wildman–Crippen MR) is 91.1 cm³/mol. The topological polar surface area (TPSA) is 88.2 Å². The van der Waals surface area contributed by atoms with Gasteiger partial charge in [-0.3, -0.25) is 4.79 Å². The van der Waals surface area contributed by atoms with Gasteiger partial charge in [0.1, 0.15) is 6.61 Å². The highest BCUT2D eigenvalue weighted by Crippen LogP contribution is 2.19. The number of esters is 1. The normalized spacial score (nSPS) is 18.2. The molecule has 0 aromatic heterocycles. The number of nitrogens with one attached hydrogen (secondary N) is 1. The van der Waals surface area contributed by atoms with Crippen LogP contribution in [0.4, 0.5) is 9.59 Å². The van der Waals surface area contributed by atoms with E-state index in [1.54, 1.807) is 16.7 Å².